The molecule has 1 rings (SSSR count). The van der Waals surface area contributed by atoms with Crippen LogP contribution < -0.4 is 10.1 Å². The van der Waals surface area contributed by atoms with Crippen LogP contribution in [0.25, 0.3) is 0 Å². The summed E-state index contributed by atoms with van der Waals surface area (Å²) in [6.45, 7) is 1.82. The largest absolute Gasteiger partial charge is 0.497 e. The van der Waals surface area contributed by atoms with Crippen molar-refractivity contribution >= 4 is 30.2 Å². The number of hydrogen-bond acceptors (Lipinski definition) is 6. The van der Waals surface area contributed by atoms with Crippen LogP contribution in [0.4, 0.5) is 0 Å². The Morgan fingerprint density at radius 1 is 1.26 bits per heavy atom. The molecule has 0 bridgehead atoms. The molecule has 0 fully saturated rings. The predicted molar refractivity (Wildman–Crippen MR) is 89.4 cm³/mol. The fourth-order valence-corrected chi connectivity index (χ4v) is 2.29. The van der Waals surface area contributed by atoms with Crippen molar-refractivity contribution in [2.45, 2.75) is 31.8 Å². The molecule has 0 saturated heterocycles. The summed E-state index contributed by atoms with van der Waals surface area (Å²) in [5, 5.41) is 11.7. The van der Waals surface area contributed by atoms with Gasteiger partial charge in [-0.25, -0.2) is 0 Å². The number of hydrogen-bond donors (Lipinski definition) is 3. The highest BCUT2D eigenvalue weighted by molar-refractivity contribution is 7.80. The summed E-state index contributed by atoms with van der Waals surface area (Å²) >= 11 is 3.95. The van der Waals surface area contributed by atoms with Crippen molar-refractivity contribution in [3.8, 4) is 5.75 Å². The van der Waals surface area contributed by atoms with Crippen LogP contribution in [0.15, 0.2) is 24.3 Å². The number of ether oxygens (including phenoxy) is 1. The zero-order valence-electron chi connectivity index (χ0n) is 13.1. The molecule has 0 aromatic heterocycles. The lowest BCUT2D eigenvalue weighted by Crippen LogP contribution is -2.52. The van der Waals surface area contributed by atoms with Crippen LogP contribution in [-0.4, -0.2) is 47.6 Å². The number of benzene rings is 1. The second kappa shape index (κ2) is 9.32. The summed E-state index contributed by atoms with van der Waals surface area (Å²) in [7, 11) is 1.51. The van der Waals surface area contributed by atoms with Gasteiger partial charge in [0.1, 0.15) is 17.8 Å². The average molecular weight is 339 g/mol. The predicted octanol–water partition coefficient (Wildman–Crippen LogP) is 1.59. The zero-order valence-corrected chi connectivity index (χ0v) is 14.0. The Kier molecular flexibility index (Phi) is 7.77. The van der Waals surface area contributed by atoms with E-state index in [1.807, 2.05) is 6.92 Å². The molecule has 0 amide bonds. The zero-order chi connectivity index (χ0) is 17.4. The number of carboxylic acids is 1. The lowest BCUT2D eigenvalue weighted by atomic mass is 9.97. The molecule has 1 aromatic carbocycles. The SMILES string of the molecule is CCCC(=O)C(NC(CS)C(=O)O)C(=O)c1ccc(OC)cc1. The van der Waals surface area contributed by atoms with Crippen molar-refractivity contribution in [2.75, 3.05) is 12.9 Å². The monoisotopic (exact) mass is 339 g/mol. The second-order valence-corrected chi connectivity index (χ2v) is 5.35. The maximum atomic E-state index is 12.6. The molecule has 0 aliphatic heterocycles. The first-order valence-electron chi connectivity index (χ1n) is 7.25. The van der Waals surface area contributed by atoms with Crippen LogP contribution in [0.3, 0.4) is 0 Å². The minimum atomic E-state index is -1.20. The molecule has 23 heavy (non-hydrogen) atoms. The van der Waals surface area contributed by atoms with Gasteiger partial charge in [-0.05, 0) is 30.7 Å². The van der Waals surface area contributed by atoms with Gasteiger partial charge in [-0.3, -0.25) is 19.7 Å². The number of aliphatic carboxylic acids is 1. The van der Waals surface area contributed by atoms with Crippen LogP contribution >= 0.6 is 12.6 Å². The van der Waals surface area contributed by atoms with Crippen molar-refractivity contribution < 1.29 is 24.2 Å². The number of ketones is 2. The summed E-state index contributed by atoms with van der Waals surface area (Å²) in [6.07, 6.45) is 0.768. The first-order valence-corrected chi connectivity index (χ1v) is 7.88. The van der Waals surface area contributed by atoms with E-state index in [1.165, 1.54) is 7.11 Å². The Balaban J connectivity index is 3.03. The van der Waals surface area contributed by atoms with Crippen LogP contribution in [0, 0.1) is 0 Å². The van der Waals surface area contributed by atoms with Gasteiger partial charge in [-0.15, -0.1) is 0 Å². The van der Waals surface area contributed by atoms with E-state index in [4.69, 9.17) is 9.84 Å². The molecule has 0 saturated carbocycles. The highest BCUT2D eigenvalue weighted by Gasteiger charge is 2.31. The van der Waals surface area contributed by atoms with Crippen LogP contribution in [0.1, 0.15) is 30.1 Å². The molecule has 1 aromatic rings. The summed E-state index contributed by atoms with van der Waals surface area (Å²) in [5.74, 6) is -1.39. The molecule has 0 aliphatic rings. The highest BCUT2D eigenvalue weighted by Crippen LogP contribution is 2.14. The average Bonchev–Trinajstić information content (AvgIpc) is 2.55. The maximum absolute atomic E-state index is 12.6. The van der Waals surface area contributed by atoms with E-state index in [-0.39, 0.29) is 18.0 Å². The number of Topliss-reactive ketones (excluding diaryl/α,β-unsaturated/α-hetero) is 2. The van der Waals surface area contributed by atoms with Gasteiger partial charge in [0.15, 0.2) is 11.6 Å². The summed E-state index contributed by atoms with van der Waals surface area (Å²) < 4.78 is 5.03. The molecular weight excluding hydrogens is 318 g/mol. The van der Waals surface area contributed by atoms with Crippen LogP contribution in [0.5, 0.6) is 5.75 Å². The first-order chi connectivity index (χ1) is 10.9. The van der Waals surface area contributed by atoms with Crippen molar-refractivity contribution in [1.82, 2.24) is 5.32 Å². The van der Waals surface area contributed by atoms with Gasteiger partial charge in [-0.2, -0.15) is 12.6 Å². The lowest BCUT2D eigenvalue weighted by molar-refractivity contribution is -0.139. The van der Waals surface area contributed by atoms with E-state index in [1.54, 1.807) is 24.3 Å². The quantitative estimate of drug-likeness (QED) is 0.341. The van der Waals surface area contributed by atoms with E-state index < -0.39 is 23.8 Å². The normalized spacial score (nSPS) is 13.2. The van der Waals surface area contributed by atoms with Gasteiger partial charge >= 0.3 is 5.97 Å². The maximum Gasteiger partial charge on any atom is 0.321 e. The fourth-order valence-electron chi connectivity index (χ4n) is 2.03. The topological polar surface area (TPSA) is 92.7 Å². The number of carbonyl (C=O) groups excluding carboxylic acids is 2. The van der Waals surface area contributed by atoms with Gasteiger partial charge in [-0.1, -0.05) is 6.92 Å². The molecular formula is C16H21NO5S. The van der Waals surface area contributed by atoms with E-state index in [9.17, 15) is 14.4 Å². The van der Waals surface area contributed by atoms with E-state index in [0.717, 1.165) is 0 Å². The van der Waals surface area contributed by atoms with Crippen molar-refractivity contribution in [3.63, 3.8) is 0 Å². The Morgan fingerprint density at radius 3 is 2.30 bits per heavy atom. The number of rotatable bonds is 10. The van der Waals surface area contributed by atoms with Crippen LogP contribution in [0.2, 0.25) is 0 Å². The van der Waals surface area contributed by atoms with Crippen molar-refractivity contribution in [3.05, 3.63) is 29.8 Å². The molecule has 2 N–H and O–H groups in total. The molecule has 126 valence electrons. The van der Waals surface area contributed by atoms with Crippen molar-refractivity contribution in [1.29, 1.82) is 0 Å². The first kappa shape index (κ1) is 19.2. The molecule has 2 atom stereocenters. The summed E-state index contributed by atoms with van der Waals surface area (Å²) in [6, 6.07) is 4.05. The number of carboxylic acid groups (broad SMARTS) is 1. The number of nitrogens with one attached hydrogen (secondary N) is 1. The third kappa shape index (κ3) is 5.37. The highest BCUT2D eigenvalue weighted by atomic mass is 32.1. The third-order valence-electron chi connectivity index (χ3n) is 3.30. The van der Waals surface area contributed by atoms with Crippen LogP contribution in [-0.2, 0) is 9.59 Å². The summed E-state index contributed by atoms with van der Waals surface area (Å²) in [5.41, 5.74) is 0.316. The Bertz CT molecular complexity index is 558. The molecule has 0 aliphatic carbocycles. The number of methoxy groups -OCH3 is 1. The third-order valence-corrected chi connectivity index (χ3v) is 3.67. The Labute approximate surface area is 140 Å². The molecule has 7 heteroatoms. The Morgan fingerprint density at radius 2 is 1.87 bits per heavy atom. The molecule has 0 spiro atoms. The minimum absolute atomic E-state index is 0.0267. The Hall–Kier alpha value is -1.86. The van der Waals surface area contributed by atoms with Gasteiger partial charge in [0, 0.05) is 17.7 Å². The second-order valence-electron chi connectivity index (χ2n) is 4.98. The molecule has 2 unspecified atom stereocenters. The van der Waals surface area contributed by atoms with Crippen molar-refractivity contribution in [2.24, 2.45) is 0 Å². The molecule has 0 heterocycles. The van der Waals surface area contributed by atoms with E-state index in [0.29, 0.717) is 17.7 Å². The summed E-state index contributed by atoms with van der Waals surface area (Å²) in [4.78, 5) is 36.0. The van der Waals surface area contributed by atoms with Gasteiger partial charge in [0.25, 0.3) is 0 Å². The van der Waals surface area contributed by atoms with E-state index in [2.05, 4.69) is 17.9 Å². The lowest BCUT2D eigenvalue weighted by Gasteiger charge is -2.20. The number of thiol groups is 1. The van der Waals surface area contributed by atoms with Gasteiger partial charge in [0.2, 0.25) is 0 Å². The molecule has 6 nitrogen and oxygen atoms in total. The molecule has 0 radical (unpaired) electrons. The minimum Gasteiger partial charge on any atom is -0.497 e. The number of carbonyl (C=O) groups is 3. The van der Waals surface area contributed by atoms with Gasteiger partial charge < -0.3 is 9.84 Å². The fraction of sp³-hybridized carbons (Fsp3) is 0.438. The standard InChI is InChI=1S/C16H21NO5S/c1-3-4-13(18)14(17-12(9-23)16(20)21)15(19)10-5-7-11(22-2)8-6-10/h5-8,12,14,17,23H,3-4,9H2,1-2H3,(H,20,21). The van der Waals surface area contributed by atoms with Gasteiger partial charge in [0.05, 0.1) is 7.11 Å². The van der Waals surface area contributed by atoms with E-state index >= 15 is 0 Å². The smallest absolute Gasteiger partial charge is 0.321 e.